The van der Waals surface area contributed by atoms with Crippen molar-refractivity contribution in [2.24, 2.45) is 5.10 Å². The Labute approximate surface area is 130 Å². The fraction of sp³-hybridized carbons (Fsp3) is 0. The van der Waals surface area contributed by atoms with Crippen LogP contribution in [0.4, 0.5) is 5.69 Å². The van der Waals surface area contributed by atoms with Crippen LogP contribution in [0.5, 0.6) is 5.75 Å². The number of aromatic hydroxyl groups is 1. The van der Waals surface area contributed by atoms with Crippen molar-refractivity contribution < 1.29 is 14.8 Å². The second kappa shape index (κ2) is 6.68. The van der Waals surface area contributed by atoms with Gasteiger partial charge in [0, 0.05) is 22.2 Å². The Morgan fingerprint density at radius 3 is 2.64 bits per heavy atom. The maximum absolute atomic E-state index is 11.7. The first-order valence-corrected chi connectivity index (χ1v) is 6.42. The number of nitrogens with one attached hydrogen (secondary N) is 1. The molecule has 0 unspecified atom stereocenters. The van der Waals surface area contributed by atoms with Crippen molar-refractivity contribution in [2.45, 2.75) is 0 Å². The largest absolute Gasteiger partial charge is 0.502 e. The van der Waals surface area contributed by atoms with Crippen LogP contribution in [0.1, 0.15) is 15.9 Å². The van der Waals surface area contributed by atoms with E-state index in [1.807, 2.05) is 0 Å². The van der Waals surface area contributed by atoms with Gasteiger partial charge in [-0.2, -0.15) is 5.10 Å². The first-order valence-electron chi connectivity index (χ1n) is 6.04. The molecule has 0 aliphatic carbocycles. The van der Waals surface area contributed by atoms with Crippen LogP contribution in [-0.2, 0) is 0 Å². The van der Waals surface area contributed by atoms with E-state index < -0.39 is 22.3 Å². The highest BCUT2D eigenvalue weighted by atomic mass is 35.5. The highest BCUT2D eigenvalue weighted by Crippen LogP contribution is 2.32. The van der Waals surface area contributed by atoms with Gasteiger partial charge >= 0.3 is 5.69 Å². The first kappa shape index (κ1) is 15.5. The van der Waals surface area contributed by atoms with Crippen molar-refractivity contribution in [2.75, 3.05) is 0 Å². The minimum absolute atomic E-state index is 0.0209. The van der Waals surface area contributed by atoms with Gasteiger partial charge < -0.3 is 5.11 Å². The molecule has 0 atom stereocenters. The number of halogens is 1. The SMILES string of the molecule is O=C(N/N=C\c1cc(Cl)cc([N+](=O)[O-])c1O)c1ccccc1. The van der Waals surface area contributed by atoms with E-state index in [0.717, 1.165) is 12.3 Å². The lowest BCUT2D eigenvalue weighted by Gasteiger charge is -2.02. The molecule has 0 aliphatic heterocycles. The Bertz CT molecular complexity index is 747. The second-order valence-electron chi connectivity index (χ2n) is 4.19. The molecule has 0 saturated carbocycles. The quantitative estimate of drug-likeness (QED) is 0.513. The molecule has 0 spiro atoms. The summed E-state index contributed by atoms with van der Waals surface area (Å²) >= 11 is 5.74. The van der Waals surface area contributed by atoms with E-state index in [1.54, 1.807) is 30.3 Å². The summed E-state index contributed by atoms with van der Waals surface area (Å²) in [5, 5.41) is 24.3. The van der Waals surface area contributed by atoms with E-state index in [9.17, 15) is 20.0 Å². The molecule has 8 heteroatoms. The number of nitrogens with zero attached hydrogens (tertiary/aromatic N) is 2. The van der Waals surface area contributed by atoms with Crippen molar-refractivity contribution in [3.63, 3.8) is 0 Å². The van der Waals surface area contributed by atoms with Gasteiger partial charge in [-0.15, -0.1) is 0 Å². The molecule has 0 bridgehead atoms. The fourth-order valence-corrected chi connectivity index (χ4v) is 1.88. The summed E-state index contributed by atoms with van der Waals surface area (Å²) in [6, 6.07) is 10.7. The molecule has 0 radical (unpaired) electrons. The maximum atomic E-state index is 11.7. The topological polar surface area (TPSA) is 105 Å². The molecule has 7 nitrogen and oxygen atoms in total. The van der Waals surface area contributed by atoms with Crippen LogP contribution < -0.4 is 5.43 Å². The van der Waals surface area contributed by atoms with Crippen molar-refractivity contribution in [3.8, 4) is 5.75 Å². The van der Waals surface area contributed by atoms with Crippen molar-refractivity contribution in [3.05, 3.63) is 68.7 Å². The van der Waals surface area contributed by atoms with E-state index in [-0.39, 0.29) is 10.6 Å². The molecule has 112 valence electrons. The number of phenols is 1. The third-order valence-corrected chi connectivity index (χ3v) is 2.90. The molecule has 0 saturated heterocycles. The fourth-order valence-electron chi connectivity index (χ4n) is 1.66. The van der Waals surface area contributed by atoms with E-state index in [0.29, 0.717) is 5.56 Å². The zero-order chi connectivity index (χ0) is 16.1. The Hall–Kier alpha value is -2.93. The number of hydrogen-bond acceptors (Lipinski definition) is 5. The zero-order valence-corrected chi connectivity index (χ0v) is 11.8. The Morgan fingerprint density at radius 1 is 1.32 bits per heavy atom. The molecule has 2 aromatic carbocycles. The van der Waals surface area contributed by atoms with Gasteiger partial charge in [0.05, 0.1) is 11.1 Å². The van der Waals surface area contributed by atoms with Gasteiger partial charge in [-0.05, 0) is 18.2 Å². The van der Waals surface area contributed by atoms with E-state index >= 15 is 0 Å². The average molecular weight is 320 g/mol. The Balaban J connectivity index is 2.17. The smallest absolute Gasteiger partial charge is 0.312 e. The summed E-state index contributed by atoms with van der Waals surface area (Å²) < 4.78 is 0. The highest BCUT2D eigenvalue weighted by molar-refractivity contribution is 6.31. The van der Waals surface area contributed by atoms with Crippen molar-refractivity contribution in [1.82, 2.24) is 5.43 Å². The summed E-state index contributed by atoms with van der Waals surface area (Å²) in [5.41, 5.74) is 2.14. The van der Waals surface area contributed by atoms with Crippen LogP contribution in [0.3, 0.4) is 0 Å². The lowest BCUT2D eigenvalue weighted by atomic mass is 10.2. The minimum atomic E-state index is -0.763. The molecular formula is C14H10ClN3O4. The molecule has 0 fully saturated rings. The number of carbonyl (C=O) groups is 1. The van der Waals surface area contributed by atoms with Crippen LogP contribution in [0.15, 0.2) is 47.6 Å². The number of benzene rings is 2. The molecule has 22 heavy (non-hydrogen) atoms. The highest BCUT2D eigenvalue weighted by Gasteiger charge is 2.17. The van der Waals surface area contributed by atoms with Crippen LogP contribution >= 0.6 is 11.6 Å². The molecule has 2 rings (SSSR count). The van der Waals surface area contributed by atoms with Gasteiger partial charge in [0.1, 0.15) is 0 Å². The van der Waals surface area contributed by atoms with Crippen LogP contribution in [0.25, 0.3) is 0 Å². The third kappa shape index (κ3) is 3.58. The summed E-state index contributed by atoms with van der Waals surface area (Å²) in [6.45, 7) is 0. The number of hydrazone groups is 1. The van der Waals surface area contributed by atoms with Gasteiger partial charge in [0.2, 0.25) is 5.75 Å². The van der Waals surface area contributed by atoms with Crippen molar-refractivity contribution >= 4 is 29.4 Å². The molecule has 2 N–H and O–H groups in total. The lowest BCUT2D eigenvalue weighted by molar-refractivity contribution is -0.385. The second-order valence-corrected chi connectivity index (χ2v) is 4.62. The van der Waals surface area contributed by atoms with Gasteiger partial charge in [-0.25, -0.2) is 5.43 Å². The Morgan fingerprint density at radius 2 is 2.00 bits per heavy atom. The summed E-state index contributed by atoms with van der Waals surface area (Å²) in [7, 11) is 0. The molecular weight excluding hydrogens is 310 g/mol. The lowest BCUT2D eigenvalue weighted by Crippen LogP contribution is -2.17. The predicted molar refractivity (Wildman–Crippen MR) is 81.3 cm³/mol. The van der Waals surface area contributed by atoms with E-state index in [2.05, 4.69) is 10.5 Å². The third-order valence-electron chi connectivity index (χ3n) is 2.69. The number of nitro benzene ring substituents is 1. The summed E-state index contributed by atoms with van der Waals surface area (Å²) in [5.74, 6) is -1.03. The molecule has 2 aromatic rings. The molecule has 0 heterocycles. The number of rotatable bonds is 4. The van der Waals surface area contributed by atoms with Crippen LogP contribution in [0, 0.1) is 10.1 Å². The monoisotopic (exact) mass is 319 g/mol. The van der Waals surface area contributed by atoms with E-state index in [4.69, 9.17) is 11.6 Å². The van der Waals surface area contributed by atoms with Gasteiger partial charge in [0.15, 0.2) is 0 Å². The Kier molecular flexibility index (Phi) is 4.70. The predicted octanol–water partition coefficient (Wildman–Crippen LogP) is 2.72. The molecule has 0 aromatic heterocycles. The number of nitro groups is 1. The normalized spacial score (nSPS) is 10.6. The number of phenolic OH excluding ortho intramolecular Hbond substituents is 1. The summed E-state index contributed by atoms with van der Waals surface area (Å²) in [4.78, 5) is 21.7. The molecule has 0 aliphatic rings. The van der Waals surface area contributed by atoms with Gasteiger partial charge in [-0.1, -0.05) is 29.8 Å². The number of hydrogen-bond donors (Lipinski definition) is 2. The van der Waals surface area contributed by atoms with Gasteiger partial charge in [0.25, 0.3) is 5.91 Å². The maximum Gasteiger partial charge on any atom is 0.312 e. The summed E-state index contributed by atoms with van der Waals surface area (Å²) in [6.07, 6.45) is 1.08. The zero-order valence-electron chi connectivity index (χ0n) is 11.1. The van der Waals surface area contributed by atoms with Crippen LogP contribution in [-0.4, -0.2) is 22.2 Å². The standard InChI is InChI=1S/C14H10ClN3O4/c15-11-6-10(13(19)12(7-11)18(21)22)8-16-17-14(20)9-4-2-1-3-5-9/h1-8,19H,(H,17,20)/b16-8-. The van der Waals surface area contributed by atoms with Crippen LogP contribution in [0.2, 0.25) is 5.02 Å². The number of carbonyl (C=O) groups excluding carboxylic acids is 1. The first-order chi connectivity index (χ1) is 10.5. The van der Waals surface area contributed by atoms with Gasteiger partial charge in [-0.3, -0.25) is 14.9 Å². The van der Waals surface area contributed by atoms with E-state index in [1.165, 1.54) is 6.07 Å². The minimum Gasteiger partial charge on any atom is -0.502 e. The van der Waals surface area contributed by atoms with Crippen molar-refractivity contribution in [1.29, 1.82) is 0 Å². The number of amides is 1. The average Bonchev–Trinajstić information content (AvgIpc) is 2.50. The molecule has 1 amide bonds.